The van der Waals surface area contributed by atoms with E-state index in [0.717, 1.165) is 38.8 Å². The van der Waals surface area contributed by atoms with Gasteiger partial charge in [0.2, 0.25) is 5.91 Å². The van der Waals surface area contributed by atoms with Crippen molar-refractivity contribution >= 4 is 5.91 Å². The van der Waals surface area contributed by atoms with Gasteiger partial charge in [-0.25, -0.2) is 0 Å². The van der Waals surface area contributed by atoms with Crippen molar-refractivity contribution in [3.05, 3.63) is 0 Å². The van der Waals surface area contributed by atoms with Crippen molar-refractivity contribution in [2.24, 2.45) is 17.6 Å². The Hall–Kier alpha value is -0.610. The van der Waals surface area contributed by atoms with Crippen molar-refractivity contribution in [1.82, 2.24) is 10.2 Å². The van der Waals surface area contributed by atoms with Crippen LogP contribution in [0.15, 0.2) is 0 Å². The maximum Gasteiger partial charge on any atom is 0.224 e. The van der Waals surface area contributed by atoms with E-state index in [0.29, 0.717) is 5.92 Å². The summed E-state index contributed by atoms with van der Waals surface area (Å²) in [4.78, 5) is 14.2. The third-order valence-electron chi connectivity index (χ3n) is 3.66. The van der Waals surface area contributed by atoms with E-state index in [1.54, 1.807) is 0 Å². The Morgan fingerprint density at radius 2 is 2.12 bits per heavy atom. The molecule has 0 aliphatic heterocycles. The normalized spacial score (nSPS) is 29.4. The molecule has 0 saturated heterocycles. The third-order valence-corrected chi connectivity index (χ3v) is 3.66. The minimum Gasteiger partial charge on any atom is -0.356 e. The van der Waals surface area contributed by atoms with Gasteiger partial charge in [0, 0.05) is 12.6 Å². The minimum absolute atomic E-state index is 0.0168. The fourth-order valence-electron chi connectivity index (χ4n) is 2.63. The number of hydrogen-bond acceptors (Lipinski definition) is 3. The molecule has 0 aromatic heterocycles. The number of nitrogens with one attached hydrogen (secondary N) is 1. The van der Waals surface area contributed by atoms with Gasteiger partial charge in [0.25, 0.3) is 0 Å². The molecular formula is C13H27N3O. The summed E-state index contributed by atoms with van der Waals surface area (Å²) < 4.78 is 0. The number of hydrogen-bond donors (Lipinski definition) is 2. The topological polar surface area (TPSA) is 58.4 Å². The summed E-state index contributed by atoms with van der Waals surface area (Å²) >= 11 is 0. The van der Waals surface area contributed by atoms with E-state index in [9.17, 15) is 4.79 Å². The predicted molar refractivity (Wildman–Crippen MR) is 70.7 cm³/mol. The highest BCUT2D eigenvalue weighted by Gasteiger charge is 2.33. The van der Waals surface area contributed by atoms with Crippen LogP contribution in [0.1, 0.15) is 32.6 Å². The van der Waals surface area contributed by atoms with Gasteiger partial charge < -0.3 is 16.0 Å². The van der Waals surface area contributed by atoms with Gasteiger partial charge in [-0.1, -0.05) is 13.3 Å². The Labute approximate surface area is 105 Å². The summed E-state index contributed by atoms with van der Waals surface area (Å²) in [5, 5.41) is 3.02. The second-order valence-corrected chi connectivity index (χ2v) is 5.55. The second-order valence-electron chi connectivity index (χ2n) is 5.55. The molecule has 3 N–H and O–H groups in total. The van der Waals surface area contributed by atoms with E-state index in [4.69, 9.17) is 5.73 Å². The first-order chi connectivity index (χ1) is 8.02. The van der Waals surface area contributed by atoms with Gasteiger partial charge in [-0.15, -0.1) is 0 Å². The van der Waals surface area contributed by atoms with Crippen molar-refractivity contribution in [2.45, 2.75) is 38.6 Å². The number of amides is 1. The maximum absolute atomic E-state index is 12.1. The van der Waals surface area contributed by atoms with Crippen LogP contribution in [-0.2, 0) is 4.79 Å². The lowest BCUT2D eigenvalue weighted by Gasteiger charge is -2.33. The number of nitrogens with zero attached hydrogens (tertiary/aromatic N) is 1. The number of rotatable bonds is 5. The molecule has 0 aromatic carbocycles. The standard InChI is InChI=1S/C13H27N3O/c1-10-6-4-7-11(14)12(10)13(17)15-8-5-9-16(2)3/h10-12H,4-9,14H2,1-3H3,(H,15,17). The molecule has 1 aliphatic carbocycles. The second kappa shape index (κ2) is 6.97. The molecule has 3 unspecified atom stereocenters. The monoisotopic (exact) mass is 241 g/mol. The summed E-state index contributed by atoms with van der Waals surface area (Å²) in [5.74, 6) is 0.596. The fraction of sp³-hybridized carbons (Fsp3) is 0.923. The fourth-order valence-corrected chi connectivity index (χ4v) is 2.63. The molecular weight excluding hydrogens is 214 g/mol. The highest BCUT2D eigenvalue weighted by molar-refractivity contribution is 5.79. The van der Waals surface area contributed by atoms with Gasteiger partial charge in [-0.3, -0.25) is 4.79 Å². The van der Waals surface area contributed by atoms with Crippen LogP contribution in [0.5, 0.6) is 0 Å². The van der Waals surface area contributed by atoms with Crippen molar-refractivity contribution in [2.75, 3.05) is 27.2 Å². The largest absolute Gasteiger partial charge is 0.356 e. The van der Waals surface area contributed by atoms with E-state index >= 15 is 0 Å². The lowest BCUT2D eigenvalue weighted by atomic mass is 9.76. The van der Waals surface area contributed by atoms with Crippen LogP contribution in [0, 0.1) is 11.8 Å². The highest BCUT2D eigenvalue weighted by atomic mass is 16.1. The number of carbonyl (C=O) groups is 1. The van der Waals surface area contributed by atoms with Crippen molar-refractivity contribution in [3.63, 3.8) is 0 Å². The highest BCUT2D eigenvalue weighted by Crippen LogP contribution is 2.28. The zero-order chi connectivity index (χ0) is 12.8. The van der Waals surface area contributed by atoms with Crippen LogP contribution in [0.4, 0.5) is 0 Å². The molecule has 1 saturated carbocycles. The van der Waals surface area contributed by atoms with Crippen molar-refractivity contribution in [3.8, 4) is 0 Å². The van der Waals surface area contributed by atoms with E-state index in [1.807, 2.05) is 14.1 Å². The molecule has 0 heterocycles. The summed E-state index contributed by atoms with van der Waals surface area (Å²) in [6, 6.07) is 0.0487. The molecule has 100 valence electrons. The van der Waals surface area contributed by atoms with Gasteiger partial charge in [0.15, 0.2) is 0 Å². The molecule has 4 heteroatoms. The minimum atomic E-state index is 0.0168. The maximum atomic E-state index is 12.1. The van der Waals surface area contributed by atoms with Crippen molar-refractivity contribution < 1.29 is 4.79 Å². The van der Waals surface area contributed by atoms with Crippen LogP contribution in [0.25, 0.3) is 0 Å². The van der Waals surface area contributed by atoms with Crippen LogP contribution in [-0.4, -0.2) is 44.0 Å². The smallest absolute Gasteiger partial charge is 0.224 e. The zero-order valence-corrected chi connectivity index (χ0v) is 11.4. The SMILES string of the molecule is CC1CCCC(N)C1C(=O)NCCCN(C)C. The Morgan fingerprint density at radius 1 is 1.41 bits per heavy atom. The molecule has 1 aliphatic rings. The quantitative estimate of drug-likeness (QED) is 0.701. The van der Waals surface area contributed by atoms with E-state index in [2.05, 4.69) is 17.1 Å². The Bertz CT molecular complexity index is 233. The summed E-state index contributed by atoms with van der Waals surface area (Å²) in [6.07, 6.45) is 4.27. The van der Waals surface area contributed by atoms with Gasteiger partial charge in [-0.2, -0.15) is 0 Å². The van der Waals surface area contributed by atoms with E-state index < -0.39 is 0 Å². The molecule has 1 rings (SSSR count). The summed E-state index contributed by atoms with van der Waals surface area (Å²) in [5.41, 5.74) is 6.05. The number of nitrogens with two attached hydrogens (primary N) is 1. The summed E-state index contributed by atoms with van der Waals surface area (Å²) in [6.45, 7) is 3.91. The molecule has 3 atom stereocenters. The van der Waals surface area contributed by atoms with E-state index in [1.165, 1.54) is 0 Å². The molecule has 4 nitrogen and oxygen atoms in total. The first-order valence-electron chi connectivity index (χ1n) is 6.70. The predicted octanol–water partition coefficient (Wildman–Crippen LogP) is 0.818. The molecule has 0 bridgehead atoms. The van der Waals surface area contributed by atoms with Crippen LogP contribution in [0.3, 0.4) is 0 Å². The average molecular weight is 241 g/mol. The lowest BCUT2D eigenvalue weighted by Crippen LogP contribution is -2.47. The zero-order valence-electron chi connectivity index (χ0n) is 11.4. The molecule has 1 amide bonds. The Balaban J connectivity index is 2.30. The average Bonchev–Trinajstić information content (AvgIpc) is 2.24. The molecule has 1 fully saturated rings. The molecule has 17 heavy (non-hydrogen) atoms. The number of carbonyl (C=O) groups excluding carboxylic acids is 1. The summed E-state index contributed by atoms with van der Waals surface area (Å²) in [7, 11) is 4.09. The van der Waals surface area contributed by atoms with Crippen molar-refractivity contribution in [1.29, 1.82) is 0 Å². The Kier molecular flexibility index (Phi) is 5.92. The molecule has 0 aromatic rings. The lowest BCUT2D eigenvalue weighted by molar-refractivity contribution is -0.128. The van der Waals surface area contributed by atoms with Crippen LogP contribution in [0.2, 0.25) is 0 Å². The molecule has 0 radical (unpaired) electrons. The third kappa shape index (κ3) is 4.64. The van der Waals surface area contributed by atoms with Gasteiger partial charge >= 0.3 is 0 Å². The van der Waals surface area contributed by atoms with E-state index in [-0.39, 0.29) is 17.9 Å². The molecule has 0 spiro atoms. The Morgan fingerprint density at radius 3 is 2.71 bits per heavy atom. The van der Waals surface area contributed by atoms with Gasteiger partial charge in [-0.05, 0) is 45.8 Å². The first-order valence-corrected chi connectivity index (χ1v) is 6.70. The first kappa shape index (κ1) is 14.5. The van der Waals surface area contributed by atoms with Crippen LogP contribution < -0.4 is 11.1 Å². The van der Waals surface area contributed by atoms with Crippen LogP contribution >= 0.6 is 0 Å². The van der Waals surface area contributed by atoms with Gasteiger partial charge in [0.05, 0.1) is 5.92 Å². The van der Waals surface area contributed by atoms with Gasteiger partial charge in [0.1, 0.15) is 0 Å².